The molecule has 3 saturated carbocycles. The lowest BCUT2D eigenvalue weighted by Crippen LogP contribution is -2.51. The minimum absolute atomic E-state index is 0.0532. The first kappa shape index (κ1) is 16.8. The predicted molar refractivity (Wildman–Crippen MR) is 96.7 cm³/mol. The Morgan fingerprint density at radius 1 is 1.24 bits per heavy atom. The van der Waals surface area contributed by atoms with Gasteiger partial charge in [0.05, 0.1) is 0 Å². The molecule has 0 bridgehead atoms. The van der Waals surface area contributed by atoms with Crippen molar-refractivity contribution in [2.24, 2.45) is 28.6 Å². The molecule has 0 amide bonds. The van der Waals surface area contributed by atoms with Crippen LogP contribution in [0, 0.1) is 28.6 Å². The number of hydrogen-bond donors (Lipinski definition) is 0. The van der Waals surface area contributed by atoms with Gasteiger partial charge < -0.3 is 4.74 Å². The van der Waals surface area contributed by atoms with Crippen molar-refractivity contribution in [3.63, 3.8) is 0 Å². The molecular weight excluding hydrogens is 312 g/mol. The Morgan fingerprint density at radius 2 is 2.00 bits per heavy atom. The van der Waals surface area contributed by atoms with Crippen molar-refractivity contribution in [1.82, 2.24) is 0 Å². The van der Waals surface area contributed by atoms with Gasteiger partial charge in [-0.2, -0.15) is 0 Å². The smallest absolute Gasteiger partial charge is 0.302 e. The van der Waals surface area contributed by atoms with E-state index in [9.17, 15) is 9.59 Å². The summed E-state index contributed by atoms with van der Waals surface area (Å²) in [7, 11) is 0. The summed E-state index contributed by atoms with van der Waals surface area (Å²) in [6, 6.07) is 0. The van der Waals surface area contributed by atoms with Crippen LogP contribution >= 0.6 is 0 Å². The lowest BCUT2D eigenvalue weighted by Gasteiger charge is -2.57. The van der Waals surface area contributed by atoms with E-state index in [1.165, 1.54) is 6.92 Å². The van der Waals surface area contributed by atoms with E-state index in [4.69, 9.17) is 4.74 Å². The van der Waals surface area contributed by atoms with Crippen molar-refractivity contribution in [3.05, 3.63) is 36.0 Å². The molecule has 0 radical (unpaired) electrons. The molecule has 1 unspecified atom stereocenters. The highest BCUT2D eigenvalue weighted by atomic mass is 16.5. The summed E-state index contributed by atoms with van der Waals surface area (Å²) in [4.78, 5) is 23.4. The first-order valence-electron chi connectivity index (χ1n) is 9.56. The van der Waals surface area contributed by atoms with Crippen LogP contribution in [0.1, 0.15) is 52.9 Å². The van der Waals surface area contributed by atoms with Gasteiger partial charge in [-0.25, -0.2) is 0 Å². The molecule has 6 atom stereocenters. The molecular formula is C22H28O3. The van der Waals surface area contributed by atoms with Crippen molar-refractivity contribution >= 4 is 11.8 Å². The number of ketones is 1. The van der Waals surface area contributed by atoms with Gasteiger partial charge in [0.1, 0.15) is 6.10 Å². The maximum atomic E-state index is 11.9. The standard InChI is InChI=1S/C22H28O3/c1-13-11-16-17-5-6-20(25-14(2)23)22(17,4)10-8-18(16)21(3)9-7-15(24)12-19(13)21/h7,9,12,16-18,20H,1,5-6,8,10-11H2,2-4H3/t16-,17-,18+,20?,21+,22-/m0/s1. The number of allylic oxidation sites excluding steroid dienone is 5. The Hall–Kier alpha value is -1.64. The Labute approximate surface area is 150 Å². The molecule has 4 rings (SSSR count). The lowest BCUT2D eigenvalue weighted by atomic mass is 9.47. The maximum Gasteiger partial charge on any atom is 0.302 e. The van der Waals surface area contributed by atoms with Gasteiger partial charge in [-0.05, 0) is 67.6 Å². The molecule has 0 spiro atoms. The number of carbonyl (C=O) groups is 2. The van der Waals surface area contributed by atoms with Gasteiger partial charge in [-0.15, -0.1) is 0 Å². The van der Waals surface area contributed by atoms with Crippen LogP contribution in [-0.2, 0) is 14.3 Å². The highest BCUT2D eigenvalue weighted by Gasteiger charge is 2.60. The topological polar surface area (TPSA) is 43.4 Å². The van der Waals surface area contributed by atoms with E-state index in [2.05, 4.69) is 26.5 Å². The number of hydrogen-bond acceptors (Lipinski definition) is 3. The highest BCUT2D eigenvalue weighted by molar-refractivity contribution is 6.01. The Bertz CT molecular complexity index is 715. The molecule has 0 aromatic rings. The summed E-state index contributed by atoms with van der Waals surface area (Å²) in [6.07, 6.45) is 11.0. The van der Waals surface area contributed by atoms with Crippen molar-refractivity contribution in [2.45, 2.75) is 59.0 Å². The van der Waals surface area contributed by atoms with E-state index >= 15 is 0 Å². The Morgan fingerprint density at radius 3 is 2.72 bits per heavy atom. The third kappa shape index (κ3) is 2.31. The van der Waals surface area contributed by atoms with Crippen LogP contribution in [0.5, 0.6) is 0 Å². The molecule has 0 heterocycles. The first-order chi connectivity index (χ1) is 11.8. The van der Waals surface area contributed by atoms with Crippen LogP contribution < -0.4 is 0 Å². The average molecular weight is 340 g/mol. The third-order valence-electron chi connectivity index (χ3n) is 7.75. The zero-order valence-electron chi connectivity index (χ0n) is 15.5. The normalized spacial score (nSPS) is 45.3. The Balaban J connectivity index is 1.68. The molecule has 3 fully saturated rings. The summed E-state index contributed by atoms with van der Waals surface area (Å²) in [5, 5.41) is 0. The minimum Gasteiger partial charge on any atom is -0.462 e. The second kappa shape index (κ2) is 5.43. The van der Waals surface area contributed by atoms with Crippen LogP contribution in [-0.4, -0.2) is 17.9 Å². The monoisotopic (exact) mass is 340 g/mol. The quantitative estimate of drug-likeness (QED) is 0.665. The summed E-state index contributed by atoms with van der Waals surface area (Å²) in [5.74, 6) is 1.60. The van der Waals surface area contributed by atoms with Crippen molar-refractivity contribution in [3.8, 4) is 0 Å². The van der Waals surface area contributed by atoms with E-state index in [0.717, 1.165) is 43.3 Å². The first-order valence-corrected chi connectivity index (χ1v) is 9.56. The van der Waals surface area contributed by atoms with Crippen LogP contribution in [0.25, 0.3) is 0 Å². The number of fused-ring (bicyclic) bond motifs is 5. The van der Waals surface area contributed by atoms with Crippen molar-refractivity contribution in [2.75, 3.05) is 0 Å². The second-order valence-corrected chi connectivity index (χ2v) is 8.98. The molecule has 4 aliphatic carbocycles. The van der Waals surface area contributed by atoms with Gasteiger partial charge in [0, 0.05) is 17.8 Å². The molecule has 3 nitrogen and oxygen atoms in total. The molecule has 0 saturated heterocycles. The molecule has 0 aromatic heterocycles. The Kier molecular flexibility index (Phi) is 3.65. The second-order valence-electron chi connectivity index (χ2n) is 8.98. The van der Waals surface area contributed by atoms with Gasteiger partial charge in [0.25, 0.3) is 0 Å². The molecule has 25 heavy (non-hydrogen) atoms. The number of carbonyl (C=O) groups excluding carboxylic acids is 2. The third-order valence-corrected chi connectivity index (χ3v) is 7.75. The fourth-order valence-corrected chi connectivity index (χ4v) is 6.55. The van der Waals surface area contributed by atoms with E-state index in [-0.39, 0.29) is 28.7 Å². The predicted octanol–water partition coefficient (Wildman–Crippen LogP) is 4.39. The van der Waals surface area contributed by atoms with Crippen molar-refractivity contribution < 1.29 is 14.3 Å². The van der Waals surface area contributed by atoms with Crippen molar-refractivity contribution in [1.29, 1.82) is 0 Å². The summed E-state index contributed by atoms with van der Waals surface area (Å²) < 4.78 is 5.70. The van der Waals surface area contributed by atoms with Crippen LogP contribution in [0.4, 0.5) is 0 Å². The zero-order chi connectivity index (χ0) is 18.0. The fourth-order valence-electron chi connectivity index (χ4n) is 6.55. The molecule has 0 N–H and O–H groups in total. The maximum absolute atomic E-state index is 11.9. The van der Waals surface area contributed by atoms with Gasteiger partial charge in [-0.3, -0.25) is 9.59 Å². The number of esters is 1. The molecule has 3 heteroatoms. The number of rotatable bonds is 1. The molecule has 0 aromatic carbocycles. The summed E-state index contributed by atoms with van der Waals surface area (Å²) in [5.41, 5.74) is 2.29. The molecule has 0 aliphatic heterocycles. The van der Waals surface area contributed by atoms with Gasteiger partial charge in [0.15, 0.2) is 5.78 Å². The summed E-state index contributed by atoms with van der Waals surface area (Å²) in [6.45, 7) is 10.5. The van der Waals surface area contributed by atoms with Crippen LogP contribution in [0.3, 0.4) is 0 Å². The molecule has 4 aliphatic rings. The van der Waals surface area contributed by atoms with Crippen LogP contribution in [0.2, 0.25) is 0 Å². The van der Waals surface area contributed by atoms with Gasteiger partial charge in [-0.1, -0.05) is 32.1 Å². The van der Waals surface area contributed by atoms with E-state index in [0.29, 0.717) is 17.8 Å². The average Bonchev–Trinajstić information content (AvgIpc) is 2.86. The van der Waals surface area contributed by atoms with E-state index < -0.39 is 0 Å². The highest BCUT2D eigenvalue weighted by Crippen LogP contribution is 2.65. The molecule has 134 valence electrons. The van der Waals surface area contributed by atoms with E-state index in [1.807, 2.05) is 6.08 Å². The zero-order valence-corrected chi connectivity index (χ0v) is 15.5. The van der Waals surface area contributed by atoms with Crippen LogP contribution in [0.15, 0.2) is 36.0 Å². The number of ether oxygens (including phenoxy) is 1. The SMILES string of the molecule is C=C1C[C@@H]2[C@@H](CC[C@]3(C)C(OC(C)=O)CC[C@@H]23)[C@@]2(C)C=CC(=O)C=C12. The fraction of sp³-hybridized carbons (Fsp3) is 0.636. The van der Waals surface area contributed by atoms with Gasteiger partial charge >= 0.3 is 5.97 Å². The largest absolute Gasteiger partial charge is 0.462 e. The lowest BCUT2D eigenvalue weighted by molar-refractivity contribution is -0.156. The van der Waals surface area contributed by atoms with E-state index in [1.54, 1.807) is 6.08 Å². The summed E-state index contributed by atoms with van der Waals surface area (Å²) >= 11 is 0. The van der Waals surface area contributed by atoms with Gasteiger partial charge in [0.2, 0.25) is 0 Å². The minimum atomic E-state index is -0.159.